The maximum Gasteiger partial charge on any atom is 0.393 e. The van der Waals surface area contributed by atoms with E-state index in [0.29, 0.717) is 21.7 Å². The summed E-state index contributed by atoms with van der Waals surface area (Å²) in [6.07, 6.45) is 0.798. The molecule has 0 bridgehead atoms. The van der Waals surface area contributed by atoms with Crippen molar-refractivity contribution in [1.82, 2.24) is 24.8 Å². The highest BCUT2D eigenvalue weighted by Gasteiger charge is 2.44. The van der Waals surface area contributed by atoms with Crippen LogP contribution >= 0.6 is 11.3 Å². The number of nitrogens with one attached hydrogen (secondary N) is 2. The fraction of sp³-hybridized carbons (Fsp3) is 0.543. The minimum absolute atomic E-state index is 0.0294. The van der Waals surface area contributed by atoms with Crippen molar-refractivity contribution in [1.29, 1.82) is 5.26 Å². The largest absolute Gasteiger partial charge is 0.393 e. The van der Waals surface area contributed by atoms with Gasteiger partial charge in [0.1, 0.15) is 28.7 Å². The van der Waals surface area contributed by atoms with E-state index in [-0.39, 0.29) is 34.2 Å². The van der Waals surface area contributed by atoms with Crippen LogP contribution in [-0.4, -0.2) is 56.7 Å². The van der Waals surface area contributed by atoms with E-state index in [9.17, 15) is 23.2 Å². The van der Waals surface area contributed by atoms with Crippen molar-refractivity contribution in [3.05, 3.63) is 52.3 Å². The monoisotopic (exact) mass is 665 g/mol. The second-order valence-electron chi connectivity index (χ2n) is 13.8. The Morgan fingerprint density at radius 3 is 2.55 bits per heavy atom. The normalized spacial score (nSPS) is 20.9. The SMILES string of the molecule is CCC1(Cn2c(C#N)cc3c(C)c(CN4CCC(Nc5ncnc6sc(CC(F)(F)F)cc56)CC4)ccc32)CC(NC(=O)C(C)C)C1. The lowest BCUT2D eigenvalue weighted by atomic mass is 9.63. The number of thiophene rings is 1. The van der Waals surface area contributed by atoms with Crippen LogP contribution in [0.15, 0.2) is 30.6 Å². The molecule has 4 aromatic rings. The average molecular weight is 666 g/mol. The maximum absolute atomic E-state index is 12.9. The first-order valence-electron chi connectivity index (χ1n) is 16.5. The summed E-state index contributed by atoms with van der Waals surface area (Å²) in [5.41, 5.74) is 4.24. The number of aromatic nitrogens is 3. The summed E-state index contributed by atoms with van der Waals surface area (Å²) in [6.45, 7) is 11.5. The summed E-state index contributed by atoms with van der Waals surface area (Å²) in [5.74, 6) is 0.664. The molecule has 0 spiro atoms. The van der Waals surface area contributed by atoms with Crippen molar-refractivity contribution in [3.8, 4) is 6.07 Å². The predicted octanol–water partition coefficient (Wildman–Crippen LogP) is 7.34. The Morgan fingerprint density at radius 2 is 1.89 bits per heavy atom. The molecule has 0 atom stereocenters. The maximum atomic E-state index is 12.9. The Kier molecular flexibility index (Phi) is 9.24. The van der Waals surface area contributed by atoms with Gasteiger partial charge >= 0.3 is 6.18 Å². The number of rotatable bonds is 10. The molecule has 1 saturated heterocycles. The van der Waals surface area contributed by atoms with Crippen LogP contribution in [0.1, 0.15) is 74.6 Å². The molecule has 1 amide bonds. The lowest BCUT2D eigenvalue weighted by molar-refractivity contribution is -0.127. The van der Waals surface area contributed by atoms with E-state index >= 15 is 0 Å². The van der Waals surface area contributed by atoms with Gasteiger partial charge in [-0.1, -0.05) is 26.8 Å². The number of likely N-dealkylation sites (tertiary alicyclic amines) is 1. The standard InChI is InChI=1S/C35H42F3N7OS/c1-5-34(14-25(15-34)43-32(46)21(2)3)19-45-26(17-39)12-28-22(4)23(6-7-30(28)45)18-44-10-8-24(9-11-44)42-31-29-13-27(16-35(36,37)38)47-33(29)41-20-40-31/h6-7,12-13,20-21,24-25H,5,8-11,14-16,18-19H2,1-4H3,(H,43,46)(H,40,41,42). The second kappa shape index (κ2) is 13.1. The number of aryl methyl sites for hydroxylation is 1. The molecule has 1 saturated carbocycles. The average Bonchev–Trinajstić information content (AvgIpc) is 3.58. The smallest absolute Gasteiger partial charge is 0.367 e. The number of fused-ring (bicyclic) bond motifs is 2. The van der Waals surface area contributed by atoms with Crippen LogP contribution in [0.5, 0.6) is 0 Å². The van der Waals surface area contributed by atoms with Crippen LogP contribution in [-0.2, 0) is 24.3 Å². The van der Waals surface area contributed by atoms with Crippen molar-refractivity contribution >= 4 is 44.2 Å². The molecule has 250 valence electrons. The Bertz CT molecular complexity index is 1810. The number of alkyl halides is 3. The quantitative estimate of drug-likeness (QED) is 0.184. The topological polar surface area (TPSA) is 98.9 Å². The third kappa shape index (κ3) is 7.11. The van der Waals surface area contributed by atoms with Crippen LogP contribution in [0.3, 0.4) is 0 Å². The fourth-order valence-corrected chi connectivity index (χ4v) is 8.28. The van der Waals surface area contributed by atoms with E-state index in [1.165, 1.54) is 17.5 Å². The Labute approximate surface area is 277 Å². The van der Waals surface area contributed by atoms with Crippen LogP contribution in [0.25, 0.3) is 21.1 Å². The summed E-state index contributed by atoms with van der Waals surface area (Å²) >= 11 is 1.07. The molecule has 2 fully saturated rings. The molecule has 2 N–H and O–H groups in total. The zero-order chi connectivity index (χ0) is 33.5. The first kappa shape index (κ1) is 33.2. The number of halogens is 3. The first-order valence-corrected chi connectivity index (χ1v) is 17.3. The van der Waals surface area contributed by atoms with E-state index in [1.54, 1.807) is 6.07 Å². The van der Waals surface area contributed by atoms with E-state index in [2.05, 4.69) is 62.1 Å². The van der Waals surface area contributed by atoms with Gasteiger partial charge in [-0.05, 0) is 73.8 Å². The molecule has 47 heavy (non-hydrogen) atoms. The minimum atomic E-state index is -4.26. The number of amides is 1. The van der Waals surface area contributed by atoms with E-state index in [1.807, 2.05) is 19.9 Å². The van der Waals surface area contributed by atoms with Gasteiger partial charge in [-0.15, -0.1) is 11.3 Å². The highest BCUT2D eigenvalue weighted by atomic mass is 32.1. The number of nitrogens with zero attached hydrogens (tertiary/aromatic N) is 5. The molecule has 3 aromatic heterocycles. The number of piperidine rings is 1. The van der Waals surface area contributed by atoms with Crippen molar-refractivity contribution in [3.63, 3.8) is 0 Å². The van der Waals surface area contributed by atoms with Gasteiger partial charge in [-0.25, -0.2) is 9.97 Å². The summed E-state index contributed by atoms with van der Waals surface area (Å²) in [5, 5.41) is 18.5. The highest BCUT2D eigenvalue weighted by molar-refractivity contribution is 7.18. The van der Waals surface area contributed by atoms with Gasteiger partial charge in [0.05, 0.1) is 11.8 Å². The Balaban J connectivity index is 1.09. The fourth-order valence-electron chi connectivity index (χ4n) is 7.25. The van der Waals surface area contributed by atoms with Crippen molar-refractivity contribution in [2.45, 2.75) is 97.6 Å². The molecular formula is C35H42F3N7OS. The van der Waals surface area contributed by atoms with Gasteiger partial charge in [0.2, 0.25) is 5.91 Å². The van der Waals surface area contributed by atoms with Gasteiger partial charge in [0.15, 0.2) is 0 Å². The molecule has 0 unspecified atom stereocenters. The van der Waals surface area contributed by atoms with Crippen LogP contribution in [0, 0.1) is 29.6 Å². The summed E-state index contributed by atoms with van der Waals surface area (Å²) in [7, 11) is 0. The molecule has 2 aliphatic rings. The molecule has 6 rings (SSSR count). The number of carbonyl (C=O) groups excluding carboxylic acids is 1. The van der Waals surface area contributed by atoms with Gasteiger partial charge in [0.25, 0.3) is 0 Å². The molecule has 0 radical (unpaired) electrons. The molecule has 1 aliphatic carbocycles. The van der Waals surface area contributed by atoms with Crippen molar-refractivity contribution in [2.75, 3.05) is 18.4 Å². The molecule has 4 heterocycles. The zero-order valence-corrected chi connectivity index (χ0v) is 28.2. The molecule has 12 heteroatoms. The third-order valence-electron chi connectivity index (χ3n) is 10.1. The van der Waals surface area contributed by atoms with Gasteiger partial charge in [-0.2, -0.15) is 18.4 Å². The van der Waals surface area contributed by atoms with Crippen molar-refractivity contribution in [2.24, 2.45) is 11.3 Å². The summed E-state index contributed by atoms with van der Waals surface area (Å²) in [4.78, 5) is 24.0. The third-order valence-corrected chi connectivity index (χ3v) is 11.2. The van der Waals surface area contributed by atoms with Gasteiger partial charge < -0.3 is 15.2 Å². The Morgan fingerprint density at radius 1 is 1.15 bits per heavy atom. The molecule has 8 nitrogen and oxygen atoms in total. The first-order chi connectivity index (χ1) is 22.4. The number of anilines is 1. The minimum Gasteiger partial charge on any atom is -0.367 e. The van der Waals surface area contributed by atoms with E-state index in [0.717, 1.165) is 80.5 Å². The van der Waals surface area contributed by atoms with Gasteiger partial charge in [0, 0.05) is 60.0 Å². The van der Waals surface area contributed by atoms with Gasteiger partial charge in [-0.3, -0.25) is 9.69 Å². The number of nitriles is 1. The number of benzene rings is 1. The predicted molar refractivity (Wildman–Crippen MR) is 179 cm³/mol. The Hall–Kier alpha value is -3.69. The van der Waals surface area contributed by atoms with Crippen LogP contribution in [0.4, 0.5) is 19.0 Å². The molecule has 1 aromatic carbocycles. The number of hydrogen-bond donors (Lipinski definition) is 2. The number of carbonyl (C=O) groups is 1. The second-order valence-corrected chi connectivity index (χ2v) is 14.9. The number of hydrogen-bond acceptors (Lipinski definition) is 7. The molecule has 1 aliphatic heterocycles. The zero-order valence-electron chi connectivity index (χ0n) is 27.4. The lowest BCUT2D eigenvalue weighted by Crippen LogP contribution is -2.53. The van der Waals surface area contributed by atoms with E-state index in [4.69, 9.17) is 0 Å². The van der Waals surface area contributed by atoms with Crippen LogP contribution in [0.2, 0.25) is 0 Å². The highest BCUT2D eigenvalue weighted by Crippen LogP contribution is 2.46. The summed E-state index contributed by atoms with van der Waals surface area (Å²) < 4.78 is 41.0. The molecular weight excluding hydrogens is 623 g/mol. The summed E-state index contributed by atoms with van der Waals surface area (Å²) in [6, 6.07) is 10.7. The van der Waals surface area contributed by atoms with Crippen LogP contribution < -0.4 is 10.6 Å². The lowest BCUT2D eigenvalue weighted by Gasteiger charge is -2.48. The van der Waals surface area contributed by atoms with E-state index < -0.39 is 12.6 Å². The van der Waals surface area contributed by atoms with Crippen molar-refractivity contribution < 1.29 is 18.0 Å².